The number of nitrogens with one attached hydrogen (secondary N) is 2. The second-order valence-corrected chi connectivity index (χ2v) is 4.26. The first kappa shape index (κ1) is 10.9. The lowest BCUT2D eigenvalue weighted by Gasteiger charge is -2.04. The number of carbonyl (C=O) groups excluding carboxylic acids is 1. The Morgan fingerprint density at radius 3 is 2.88 bits per heavy atom. The van der Waals surface area contributed by atoms with Crippen LogP contribution in [0.15, 0.2) is 18.3 Å². The van der Waals surface area contributed by atoms with Gasteiger partial charge in [-0.1, -0.05) is 6.92 Å². The topological polar surface area (TPSA) is 80.0 Å². The number of pyridine rings is 1. The van der Waals surface area contributed by atoms with Gasteiger partial charge in [0.2, 0.25) is 0 Å². The van der Waals surface area contributed by atoms with E-state index in [4.69, 9.17) is 5.84 Å². The van der Waals surface area contributed by atoms with Gasteiger partial charge in [-0.3, -0.25) is 10.6 Å². The van der Waals surface area contributed by atoms with Crippen molar-refractivity contribution < 1.29 is 4.79 Å². The van der Waals surface area contributed by atoms with Crippen LogP contribution in [0, 0.1) is 11.8 Å². The number of aromatic nitrogens is 1. The fourth-order valence-electron chi connectivity index (χ4n) is 1.61. The molecule has 5 nitrogen and oxygen atoms in total. The standard InChI is InChI=1S/C11H16N4O/c1-7-4-8(7)5-14-11(16)10-3-2-9(15-12)6-13-10/h2-3,6-8,15H,4-5,12H2,1H3,(H,14,16). The van der Waals surface area contributed by atoms with E-state index in [-0.39, 0.29) is 5.91 Å². The molecule has 0 bridgehead atoms. The van der Waals surface area contributed by atoms with E-state index in [1.807, 2.05) is 0 Å². The molecule has 2 unspecified atom stereocenters. The van der Waals surface area contributed by atoms with Crippen molar-refractivity contribution in [3.05, 3.63) is 24.0 Å². The van der Waals surface area contributed by atoms with Gasteiger partial charge in [0.1, 0.15) is 5.69 Å². The minimum atomic E-state index is -0.123. The summed E-state index contributed by atoms with van der Waals surface area (Å²) in [5, 5.41) is 2.88. The summed E-state index contributed by atoms with van der Waals surface area (Å²) in [7, 11) is 0. The molecule has 0 saturated heterocycles. The van der Waals surface area contributed by atoms with Gasteiger partial charge in [0, 0.05) is 6.54 Å². The van der Waals surface area contributed by atoms with Gasteiger partial charge >= 0.3 is 0 Å². The molecule has 1 aromatic rings. The second-order valence-electron chi connectivity index (χ2n) is 4.26. The van der Waals surface area contributed by atoms with Crippen LogP contribution in [-0.4, -0.2) is 17.4 Å². The number of hydrogen-bond acceptors (Lipinski definition) is 4. The fraction of sp³-hybridized carbons (Fsp3) is 0.455. The average molecular weight is 220 g/mol. The van der Waals surface area contributed by atoms with Gasteiger partial charge in [-0.15, -0.1) is 0 Å². The van der Waals surface area contributed by atoms with Crippen LogP contribution in [0.5, 0.6) is 0 Å². The quantitative estimate of drug-likeness (QED) is 0.517. The summed E-state index contributed by atoms with van der Waals surface area (Å²) >= 11 is 0. The van der Waals surface area contributed by atoms with E-state index in [1.165, 1.54) is 12.6 Å². The smallest absolute Gasteiger partial charge is 0.269 e. The number of rotatable bonds is 4. The Bertz CT molecular complexity index is 376. The van der Waals surface area contributed by atoms with Gasteiger partial charge in [0.25, 0.3) is 5.91 Å². The lowest BCUT2D eigenvalue weighted by molar-refractivity contribution is 0.0946. The van der Waals surface area contributed by atoms with Crippen LogP contribution in [0.3, 0.4) is 0 Å². The van der Waals surface area contributed by atoms with Gasteiger partial charge in [0.05, 0.1) is 11.9 Å². The maximum atomic E-state index is 11.7. The SMILES string of the molecule is CC1CC1CNC(=O)c1ccc(NN)cn1. The van der Waals surface area contributed by atoms with Gasteiger partial charge < -0.3 is 10.7 Å². The molecule has 4 N–H and O–H groups in total. The summed E-state index contributed by atoms with van der Waals surface area (Å²) in [6, 6.07) is 3.38. The van der Waals surface area contributed by atoms with Crippen molar-refractivity contribution in [1.82, 2.24) is 10.3 Å². The first-order valence-corrected chi connectivity index (χ1v) is 5.41. The molecule has 1 amide bonds. The molecule has 1 fully saturated rings. The van der Waals surface area contributed by atoms with E-state index >= 15 is 0 Å². The first-order valence-electron chi connectivity index (χ1n) is 5.41. The number of nitrogens with zero attached hydrogens (tertiary/aromatic N) is 1. The number of hydrogen-bond donors (Lipinski definition) is 3. The van der Waals surface area contributed by atoms with E-state index in [2.05, 4.69) is 22.7 Å². The molecule has 0 spiro atoms. The van der Waals surface area contributed by atoms with Crippen LogP contribution < -0.4 is 16.6 Å². The fourth-order valence-corrected chi connectivity index (χ4v) is 1.61. The third kappa shape index (κ3) is 2.49. The van der Waals surface area contributed by atoms with Crippen molar-refractivity contribution in [2.45, 2.75) is 13.3 Å². The maximum absolute atomic E-state index is 11.7. The number of nitrogen functional groups attached to an aromatic ring is 1. The molecular weight excluding hydrogens is 204 g/mol. The van der Waals surface area contributed by atoms with Crippen molar-refractivity contribution in [1.29, 1.82) is 0 Å². The molecular formula is C11H16N4O. The van der Waals surface area contributed by atoms with Crippen molar-refractivity contribution in [2.24, 2.45) is 17.7 Å². The highest BCUT2D eigenvalue weighted by atomic mass is 16.1. The lowest BCUT2D eigenvalue weighted by atomic mass is 10.3. The number of amides is 1. The highest BCUT2D eigenvalue weighted by Crippen LogP contribution is 2.36. The highest BCUT2D eigenvalue weighted by Gasteiger charge is 2.32. The number of hydrazine groups is 1. The molecule has 1 aliphatic carbocycles. The molecule has 1 aromatic heterocycles. The van der Waals surface area contributed by atoms with E-state index in [9.17, 15) is 4.79 Å². The van der Waals surface area contributed by atoms with Crippen molar-refractivity contribution in [2.75, 3.05) is 12.0 Å². The highest BCUT2D eigenvalue weighted by molar-refractivity contribution is 5.92. The van der Waals surface area contributed by atoms with Crippen LogP contribution in [0.2, 0.25) is 0 Å². The first-order chi connectivity index (χ1) is 7.70. The van der Waals surface area contributed by atoms with E-state index in [1.54, 1.807) is 12.1 Å². The van der Waals surface area contributed by atoms with Gasteiger partial charge in [-0.05, 0) is 30.4 Å². The minimum absolute atomic E-state index is 0.123. The normalized spacial score (nSPS) is 22.6. The molecule has 1 heterocycles. The molecule has 16 heavy (non-hydrogen) atoms. The number of nitrogens with two attached hydrogens (primary N) is 1. The molecule has 0 aromatic carbocycles. The predicted molar refractivity (Wildman–Crippen MR) is 61.7 cm³/mol. The summed E-state index contributed by atoms with van der Waals surface area (Å²) in [4.78, 5) is 15.7. The van der Waals surface area contributed by atoms with Gasteiger partial charge in [-0.2, -0.15) is 0 Å². The van der Waals surface area contributed by atoms with Crippen LogP contribution in [0.4, 0.5) is 5.69 Å². The molecule has 0 aliphatic heterocycles. The minimum Gasteiger partial charge on any atom is -0.350 e. The summed E-state index contributed by atoms with van der Waals surface area (Å²) in [6.45, 7) is 2.94. The summed E-state index contributed by atoms with van der Waals surface area (Å²) < 4.78 is 0. The molecule has 86 valence electrons. The van der Waals surface area contributed by atoms with Gasteiger partial charge in [-0.25, -0.2) is 4.98 Å². The number of anilines is 1. The van der Waals surface area contributed by atoms with Crippen LogP contribution in [0.1, 0.15) is 23.8 Å². The third-order valence-electron chi connectivity index (χ3n) is 2.96. The third-order valence-corrected chi connectivity index (χ3v) is 2.96. The largest absolute Gasteiger partial charge is 0.350 e. The zero-order chi connectivity index (χ0) is 11.5. The monoisotopic (exact) mass is 220 g/mol. The Kier molecular flexibility index (Phi) is 3.05. The van der Waals surface area contributed by atoms with Gasteiger partial charge in [0.15, 0.2) is 0 Å². The molecule has 1 saturated carbocycles. The summed E-state index contributed by atoms with van der Waals surface area (Å²) in [6.07, 6.45) is 2.75. The molecule has 0 radical (unpaired) electrons. The Balaban J connectivity index is 1.87. The molecule has 5 heteroatoms. The average Bonchev–Trinajstić information content (AvgIpc) is 3.02. The molecule has 2 atom stereocenters. The van der Waals surface area contributed by atoms with E-state index in [0.717, 1.165) is 12.5 Å². The Labute approximate surface area is 94.4 Å². The Morgan fingerprint density at radius 1 is 1.62 bits per heavy atom. The zero-order valence-electron chi connectivity index (χ0n) is 9.23. The Morgan fingerprint density at radius 2 is 2.38 bits per heavy atom. The summed E-state index contributed by atoms with van der Waals surface area (Å²) in [5.74, 6) is 6.48. The maximum Gasteiger partial charge on any atom is 0.269 e. The van der Waals surface area contributed by atoms with Crippen molar-refractivity contribution in [3.8, 4) is 0 Å². The summed E-state index contributed by atoms with van der Waals surface area (Å²) in [5.41, 5.74) is 3.58. The van der Waals surface area contributed by atoms with Crippen LogP contribution >= 0.6 is 0 Å². The number of carbonyl (C=O) groups is 1. The zero-order valence-corrected chi connectivity index (χ0v) is 9.23. The molecule has 2 rings (SSSR count). The van der Waals surface area contributed by atoms with Crippen molar-refractivity contribution in [3.63, 3.8) is 0 Å². The molecule has 1 aliphatic rings. The predicted octanol–water partition coefficient (Wildman–Crippen LogP) is 0.753. The van der Waals surface area contributed by atoms with Crippen LogP contribution in [-0.2, 0) is 0 Å². The second kappa shape index (κ2) is 4.49. The Hall–Kier alpha value is -1.62. The van der Waals surface area contributed by atoms with E-state index < -0.39 is 0 Å². The van der Waals surface area contributed by atoms with Crippen LogP contribution in [0.25, 0.3) is 0 Å². The lowest BCUT2D eigenvalue weighted by Crippen LogP contribution is -2.26. The van der Waals surface area contributed by atoms with E-state index in [0.29, 0.717) is 17.3 Å². The van der Waals surface area contributed by atoms with Crippen molar-refractivity contribution >= 4 is 11.6 Å².